The molecule has 0 aliphatic carbocycles. The van der Waals surface area contributed by atoms with Crippen LogP contribution in [-0.2, 0) is 12.1 Å². The van der Waals surface area contributed by atoms with E-state index in [1.54, 1.807) is 24.7 Å². The summed E-state index contributed by atoms with van der Waals surface area (Å²) in [5.74, 6) is 0.318. The molecule has 0 bridgehead atoms. The molecule has 3 rings (SSSR count). The van der Waals surface area contributed by atoms with Crippen molar-refractivity contribution >= 4 is 11.9 Å². The Balaban J connectivity index is 1.78. The molecule has 102 valence electrons. The number of benzene rings is 1. The van der Waals surface area contributed by atoms with Gasteiger partial charge in [0.2, 0.25) is 0 Å². The van der Waals surface area contributed by atoms with Gasteiger partial charge in [-0.05, 0) is 24.5 Å². The second-order valence-corrected chi connectivity index (χ2v) is 4.70. The highest BCUT2D eigenvalue weighted by Gasteiger charge is 2.37. The zero-order valence-corrected chi connectivity index (χ0v) is 11.3. The van der Waals surface area contributed by atoms with Crippen molar-refractivity contribution in [3.05, 3.63) is 60.2 Å². The van der Waals surface area contributed by atoms with E-state index in [4.69, 9.17) is 0 Å². The summed E-state index contributed by atoms with van der Waals surface area (Å²) in [4.78, 5) is 16.9. The van der Waals surface area contributed by atoms with Gasteiger partial charge < -0.3 is 0 Å². The van der Waals surface area contributed by atoms with Gasteiger partial charge in [0, 0.05) is 18.6 Å². The Hall–Kier alpha value is -2.87. The Labute approximate surface area is 122 Å². The number of hydrogen-bond donors (Lipinski definition) is 0. The van der Waals surface area contributed by atoms with E-state index in [-0.39, 0.29) is 0 Å². The minimum atomic E-state index is -1.31. The van der Waals surface area contributed by atoms with Crippen molar-refractivity contribution in [1.29, 1.82) is 5.26 Å². The fourth-order valence-electron chi connectivity index (χ4n) is 2.16. The minimum Gasteiger partial charge on any atom is -0.240 e. The first kappa shape index (κ1) is 13.1. The van der Waals surface area contributed by atoms with Gasteiger partial charge in [0.1, 0.15) is 6.07 Å². The van der Waals surface area contributed by atoms with Crippen molar-refractivity contribution < 1.29 is 0 Å². The van der Waals surface area contributed by atoms with Crippen molar-refractivity contribution in [1.82, 2.24) is 9.97 Å². The summed E-state index contributed by atoms with van der Waals surface area (Å²) in [6.45, 7) is 0. The molecule has 0 fully saturated rings. The third-order valence-electron chi connectivity index (χ3n) is 3.25. The average Bonchev–Trinajstić information content (AvgIpc) is 3.00. The number of nitriles is 1. The van der Waals surface area contributed by atoms with Gasteiger partial charge in [0.15, 0.2) is 5.82 Å². The maximum Gasteiger partial charge on any atom is 0.298 e. The van der Waals surface area contributed by atoms with Gasteiger partial charge in [-0.15, -0.1) is 0 Å². The lowest BCUT2D eigenvalue weighted by Crippen LogP contribution is -2.20. The lowest BCUT2D eigenvalue weighted by Gasteiger charge is -2.11. The van der Waals surface area contributed by atoms with Crippen molar-refractivity contribution in [2.24, 2.45) is 9.98 Å². The van der Waals surface area contributed by atoms with Gasteiger partial charge >= 0.3 is 0 Å². The molecule has 0 amide bonds. The van der Waals surface area contributed by atoms with Crippen LogP contribution in [0.5, 0.6) is 0 Å². The number of aromatic nitrogens is 2. The van der Waals surface area contributed by atoms with E-state index in [0.29, 0.717) is 5.82 Å². The predicted molar refractivity (Wildman–Crippen MR) is 80.0 cm³/mol. The molecule has 5 heteroatoms. The molecule has 21 heavy (non-hydrogen) atoms. The largest absolute Gasteiger partial charge is 0.298 e. The first-order valence-electron chi connectivity index (χ1n) is 6.69. The SMILES string of the molecule is N#CC1(c2ncccn2)N=CC(CCc2ccccc2)=N1. The van der Waals surface area contributed by atoms with Crippen molar-refractivity contribution in [3.63, 3.8) is 0 Å². The predicted octanol–water partition coefficient (Wildman–Crippen LogP) is 2.31. The van der Waals surface area contributed by atoms with Gasteiger partial charge in [0.25, 0.3) is 5.66 Å². The molecule has 0 saturated carbocycles. The van der Waals surface area contributed by atoms with Crippen LogP contribution in [-0.4, -0.2) is 21.9 Å². The molecule has 0 N–H and O–H groups in total. The Bertz CT molecular complexity index is 715. The van der Waals surface area contributed by atoms with E-state index in [9.17, 15) is 5.26 Å². The minimum absolute atomic E-state index is 0.318. The summed E-state index contributed by atoms with van der Waals surface area (Å²) in [7, 11) is 0. The monoisotopic (exact) mass is 275 g/mol. The third kappa shape index (κ3) is 2.70. The van der Waals surface area contributed by atoms with Gasteiger partial charge in [0.05, 0.1) is 5.71 Å². The van der Waals surface area contributed by atoms with Gasteiger partial charge in [-0.1, -0.05) is 30.3 Å². The summed E-state index contributed by atoms with van der Waals surface area (Å²) in [6, 6.07) is 14.0. The van der Waals surface area contributed by atoms with E-state index >= 15 is 0 Å². The molecule has 0 spiro atoms. The van der Waals surface area contributed by atoms with E-state index in [0.717, 1.165) is 18.6 Å². The molecule has 1 aromatic carbocycles. The van der Waals surface area contributed by atoms with Gasteiger partial charge in [-0.3, -0.25) is 0 Å². The quantitative estimate of drug-likeness (QED) is 0.859. The zero-order valence-electron chi connectivity index (χ0n) is 11.3. The van der Waals surface area contributed by atoms with Crippen LogP contribution >= 0.6 is 0 Å². The first-order valence-corrected chi connectivity index (χ1v) is 6.69. The number of aryl methyl sites for hydroxylation is 1. The molecular weight excluding hydrogens is 262 g/mol. The van der Waals surface area contributed by atoms with Crippen molar-refractivity contribution in [2.75, 3.05) is 0 Å². The van der Waals surface area contributed by atoms with Crippen LogP contribution in [0.3, 0.4) is 0 Å². The highest BCUT2D eigenvalue weighted by Crippen LogP contribution is 2.27. The first-order chi connectivity index (χ1) is 10.3. The van der Waals surface area contributed by atoms with Gasteiger partial charge in [-0.25, -0.2) is 20.0 Å². The van der Waals surface area contributed by atoms with Crippen LogP contribution in [0.15, 0.2) is 58.8 Å². The number of rotatable bonds is 4. The van der Waals surface area contributed by atoms with Gasteiger partial charge in [-0.2, -0.15) is 5.26 Å². The summed E-state index contributed by atoms with van der Waals surface area (Å²) in [5.41, 5.74) is 0.722. The number of nitrogens with zero attached hydrogens (tertiary/aromatic N) is 5. The molecule has 1 unspecified atom stereocenters. The van der Waals surface area contributed by atoms with Crippen LogP contribution < -0.4 is 0 Å². The zero-order chi connectivity index (χ0) is 14.5. The molecule has 2 aromatic rings. The molecule has 1 aromatic heterocycles. The van der Waals surface area contributed by atoms with E-state index in [1.165, 1.54) is 5.56 Å². The third-order valence-corrected chi connectivity index (χ3v) is 3.25. The van der Waals surface area contributed by atoms with Crippen LogP contribution in [0.2, 0.25) is 0 Å². The molecule has 1 aliphatic rings. The highest BCUT2D eigenvalue weighted by molar-refractivity contribution is 6.32. The second kappa shape index (κ2) is 5.63. The topological polar surface area (TPSA) is 74.3 Å². The van der Waals surface area contributed by atoms with E-state index < -0.39 is 5.66 Å². The molecular formula is C16H13N5. The summed E-state index contributed by atoms with van der Waals surface area (Å²) in [5, 5.41) is 9.42. The number of hydrogen-bond acceptors (Lipinski definition) is 5. The Morgan fingerprint density at radius 1 is 1.00 bits per heavy atom. The van der Waals surface area contributed by atoms with Crippen molar-refractivity contribution in [2.45, 2.75) is 18.5 Å². The molecule has 1 atom stereocenters. The summed E-state index contributed by atoms with van der Waals surface area (Å²) >= 11 is 0. The van der Waals surface area contributed by atoms with Crippen LogP contribution in [0.1, 0.15) is 17.8 Å². The second-order valence-electron chi connectivity index (χ2n) is 4.70. The maximum atomic E-state index is 9.42. The van der Waals surface area contributed by atoms with Crippen LogP contribution in [0.4, 0.5) is 0 Å². The molecule has 1 aliphatic heterocycles. The Morgan fingerprint density at radius 3 is 2.48 bits per heavy atom. The fraction of sp³-hybridized carbons (Fsp3) is 0.188. The fourth-order valence-corrected chi connectivity index (χ4v) is 2.16. The van der Waals surface area contributed by atoms with Crippen LogP contribution in [0, 0.1) is 11.3 Å². The lowest BCUT2D eigenvalue weighted by atomic mass is 10.1. The van der Waals surface area contributed by atoms with E-state index in [2.05, 4.69) is 38.2 Å². The Kier molecular flexibility index (Phi) is 3.52. The standard InChI is InChI=1S/C16H13N5/c17-12-16(15-18-9-4-10-19-15)20-11-14(21-16)8-7-13-5-2-1-3-6-13/h1-6,9-11H,7-8H2. The lowest BCUT2D eigenvalue weighted by molar-refractivity contribution is 0.582. The Morgan fingerprint density at radius 2 is 1.76 bits per heavy atom. The highest BCUT2D eigenvalue weighted by atomic mass is 15.2. The van der Waals surface area contributed by atoms with E-state index in [1.807, 2.05) is 18.2 Å². The molecule has 2 heterocycles. The van der Waals surface area contributed by atoms with Crippen molar-refractivity contribution in [3.8, 4) is 6.07 Å². The maximum absolute atomic E-state index is 9.42. The van der Waals surface area contributed by atoms with Crippen LogP contribution in [0.25, 0.3) is 0 Å². The summed E-state index contributed by atoms with van der Waals surface area (Å²) in [6.07, 6.45) is 6.44. The molecule has 5 nitrogen and oxygen atoms in total. The molecule has 0 radical (unpaired) electrons. The normalized spacial score (nSPS) is 20.0. The average molecular weight is 275 g/mol. The number of aliphatic imine (C=N–C) groups is 2. The smallest absolute Gasteiger partial charge is 0.240 e. The summed E-state index contributed by atoms with van der Waals surface area (Å²) < 4.78 is 0. The molecule has 0 saturated heterocycles.